The average molecular weight is 210 g/mol. The van der Waals surface area contributed by atoms with Crippen LogP contribution in [0.5, 0.6) is 0 Å². The van der Waals surface area contributed by atoms with E-state index < -0.39 is 0 Å². The minimum Gasteiger partial charge on any atom is -0.313 e. The van der Waals surface area contributed by atoms with Gasteiger partial charge in [0.05, 0.1) is 0 Å². The first-order valence-corrected chi connectivity index (χ1v) is 6.26. The van der Waals surface area contributed by atoms with E-state index in [-0.39, 0.29) is 0 Å². The Kier molecular flexibility index (Phi) is 5.34. The Morgan fingerprint density at radius 2 is 2.20 bits per heavy atom. The molecule has 0 fully saturated rings. The molecule has 88 valence electrons. The number of nitrogens with zero attached hydrogens (tertiary/aromatic N) is 1. The first-order chi connectivity index (χ1) is 7.13. The molecule has 0 aromatic carbocycles. The van der Waals surface area contributed by atoms with Crippen molar-refractivity contribution in [2.24, 2.45) is 0 Å². The Labute approximate surface area is 94.7 Å². The molecule has 15 heavy (non-hydrogen) atoms. The van der Waals surface area contributed by atoms with E-state index in [9.17, 15) is 0 Å². The van der Waals surface area contributed by atoms with Crippen LogP contribution in [-0.2, 0) is 0 Å². The molecular formula is C13H26N2. The van der Waals surface area contributed by atoms with Gasteiger partial charge in [0.15, 0.2) is 0 Å². The van der Waals surface area contributed by atoms with E-state index in [0.717, 1.165) is 13.1 Å². The predicted octanol–water partition coefficient (Wildman–Crippen LogP) is 2.42. The van der Waals surface area contributed by atoms with E-state index in [2.05, 4.69) is 44.0 Å². The Balaban J connectivity index is 2.40. The summed E-state index contributed by atoms with van der Waals surface area (Å²) in [7, 11) is 0. The minimum atomic E-state index is 0.598. The number of hydrogen-bond acceptors (Lipinski definition) is 2. The van der Waals surface area contributed by atoms with Crippen LogP contribution in [0.1, 0.15) is 40.5 Å². The van der Waals surface area contributed by atoms with Gasteiger partial charge in [-0.05, 0) is 19.8 Å². The van der Waals surface area contributed by atoms with E-state index in [1.54, 1.807) is 0 Å². The van der Waals surface area contributed by atoms with Gasteiger partial charge < -0.3 is 5.32 Å². The molecule has 0 aromatic heterocycles. The highest BCUT2D eigenvalue weighted by molar-refractivity contribution is 5.05. The van der Waals surface area contributed by atoms with Gasteiger partial charge in [-0.25, -0.2) is 0 Å². The van der Waals surface area contributed by atoms with Crippen molar-refractivity contribution in [1.82, 2.24) is 10.2 Å². The predicted molar refractivity (Wildman–Crippen MR) is 67.2 cm³/mol. The van der Waals surface area contributed by atoms with Crippen LogP contribution in [-0.4, -0.2) is 36.6 Å². The Morgan fingerprint density at radius 3 is 2.73 bits per heavy atom. The molecule has 1 rings (SSSR count). The van der Waals surface area contributed by atoms with Gasteiger partial charge in [-0.15, -0.1) is 0 Å². The molecule has 1 unspecified atom stereocenters. The van der Waals surface area contributed by atoms with Crippen LogP contribution in [0, 0.1) is 0 Å². The van der Waals surface area contributed by atoms with Crippen LogP contribution in [0.2, 0.25) is 0 Å². The molecule has 0 bridgehead atoms. The third-order valence-corrected chi connectivity index (χ3v) is 3.11. The molecule has 0 saturated heterocycles. The lowest BCUT2D eigenvalue weighted by atomic mass is 10.1. The summed E-state index contributed by atoms with van der Waals surface area (Å²) in [6.45, 7) is 12.5. The lowest BCUT2D eigenvalue weighted by molar-refractivity contribution is 0.195. The van der Waals surface area contributed by atoms with Crippen molar-refractivity contribution >= 4 is 0 Å². The summed E-state index contributed by atoms with van der Waals surface area (Å²) < 4.78 is 0. The molecule has 2 nitrogen and oxygen atoms in total. The van der Waals surface area contributed by atoms with Crippen LogP contribution in [0.3, 0.4) is 0 Å². The van der Waals surface area contributed by atoms with Gasteiger partial charge in [0.2, 0.25) is 0 Å². The van der Waals surface area contributed by atoms with E-state index in [0.29, 0.717) is 12.1 Å². The molecule has 1 N–H and O–H groups in total. The van der Waals surface area contributed by atoms with Crippen molar-refractivity contribution in [1.29, 1.82) is 0 Å². The summed E-state index contributed by atoms with van der Waals surface area (Å²) in [5.74, 6) is 0. The van der Waals surface area contributed by atoms with Crippen molar-refractivity contribution < 1.29 is 0 Å². The maximum Gasteiger partial charge on any atom is 0.0221 e. The molecule has 0 aromatic rings. The van der Waals surface area contributed by atoms with Crippen LogP contribution < -0.4 is 5.32 Å². The molecule has 2 heteroatoms. The topological polar surface area (TPSA) is 15.3 Å². The molecule has 0 spiro atoms. The van der Waals surface area contributed by atoms with Crippen molar-refractivity contribution in [3.05, 3.63) is 11.6 Å². The van der Waals surface area contributed by atoms with Gasteiger partial charge in [0.25, 0.3) is 0 Å². The average Bonchev–Trinajstić information content (AvgIpc) is 2.18. The molecule has 0 saturated carbocycles. The second-order valence-corrected chi connectivity index (χ2v) is 4.93. The van der Waals surface area contributed by atoms with Gasteiger partial charge in [0.1, 0.15) is 0 Å². The number of hydrogen-bond donors (Lipinski definition) is 1. The van der Waals surface area contributed by atoms with Crippen molar-refractivity contribution in [2.45, 2.75) is 52.6 Å². The highest BCUT2D eigenvalue weighted by Gasteiger charge is 2.18. The molecule has 1 atom stereocenters. The van der Waals surface area contributed by atoms with Gasteiger partial charge in [0, 0.05) is 31.7 Å². The summed E-state index contributed by atoms with van der Waals surface area (Å²) in [5, 5.41) is 3.55. The second kappa shape index (κ2) is 6.29. The fourth-order valence-electron chi connectivity index (χ4n) is 2.16. The van der Waals surface area contributed by atoms with Crippen LogP contribution >= 0.6 is 0 Å². The van der Waals surface area contributed by atoms with Crippen LogP contribution in [0.25, 0.3) is 0 Å². The standard InChI is InChI=1S/C13H26N2/c1-5-13(9-14-11(2)3)15-8-6-7-12(4)10-15/h7,11,13-14H,5-6,8-10H2,1-4H3. The summed E-state index contributed by atoms with van der Waals surface area (Å²) >= 11 is 0. The molecule has 1 aliphatic rings. The highest BCUT2D eigenvalue weighted by Crippen LogP contribution is 2.13. The fourth-order valence-corrected chi connectivity index (χ4v) is 2.16. The summed E-state index contributed by atoms with van der Waals surface area (Å²) in [6, 6.07) is 1.30. The summed E-state index contributed by atoms with van der Waals surface area (Å²) in [4.78, 5) is 2.62. The molecular weight excluding hydrogens is 184 g/mol. The molecule has 1 aliphatic heterocycles. The van der Waals surface area contributed by atoms with Crippen molar-refractivity contribution in [3.63, 3.8) is 0 Å². The summed E-state index contributed by atoms with van der Waals surface area (Å²) in [5.41, 5.74) is 1.53. The lowest BCUT2D eigenvalue weighted by Gasteiger charge is -2.34. The molecule has 0 amide bonds. The molecule has 1 heterocycles. The molecule has 0 radical (unpaired) electrons. The van der Waals surface area contributed by atoms with Crippen LogP contribution in [0.4, 0.5) is 0 Å². The van der Waals surface area contributed by atoms with E-state index in [1.807, 2.05) is 0 Å². The van der Waals surface area contributed by atoms with Gasteiger partial charge in [-0.1, -0.05) is 32.4 Å². The zero-order chi connectivity index (χ0) is 11.3. The third-order valence-electron chi connectivity index (χ3n) is 3.11. The lowest BCUT2D eigenvalue weighted by Crippen LogP contribution is -2.45. The highest BCUT2D eigenvalue weighted by atomic mass is 15.2. The Bertz CT molecular complexity index is 209. The first-order valence-electron chi connectivity index (χ1n) is 6.26. The zero-order valence-corrected chi connectivity index (χ0v) is 10.7. The fraction of sp³-hybridized carbons (Fsp3) is 0.846. The maximum atomic E-state index is 3.55. The Hall–Kier alpha value is -0.340. The van der Waals surface area contributed by atoms with E-state index in [1.165, 1.54) is 25.0 Å². The van der Waals surface area contributed by atoms with E-state index in [4.69, 9.17) is 0 Å². The van der Waals surface area contributed by atoms with Crippen molar-refractivity contribution in [3.8, 4) is 0 Å². The third kappa shape index (κ3) is 4.35. The van der Waals surface area contributed by atoms with Gasteiger partial charge in [-0.2, -0.15) is 0 Å². The SMILES string of the molecule is CCC(CNC(C)C)N1CCC=C(C)C1. The monoisotopic (exact) mass is 210 g/mol. The maximum absolute atomic E-state index is 3.55. The summed E-state index contributed by atoms with van der Waals surface area (Å²) in [6.07, 6.45) is 4.84. The first kappa shape index (κ1) is 12.7. The largest absolute Gasteiger partial charge is 0.313 e. The molecule has 0 aliphatic carbocycles. The number of nitrogens with one attached hydrogen (secondary N) is 1. The Morgan fingerprint density at radius 1 is 1.47 bits per heavy atom. The second-order valence-electron chi connectivity index (χ2n) is 4.93. The zero-order valence-electron chi connectivity index (χ0n) is 10.7. The van der Waals surface area contributed by atoms with Crippen LogP contribution in [0.15, 0.2) is 11.6 Å². The van der Waals surface area contributed by atoms with Gasteiger partial charge >= 0.3 is 0 Å². The normalized spacial score (nSPS) is 20.5. The number of rotatable bonds is 5. The van der Waals surface area contributed by atoms with Crippen molar-refractivity contribution in [2.75, 3.05) is 19.6 Å². The minimum absolute atomic E-state index is 0.598. The van der Waals surface area contributed by atoms with Gasteiger partial charge in [-0.3, -0.25) is 4.90 Å². The smallest absolute Gasteiger partial charge is 0.0221 e. The van der Waals surface area contributed by atoms with E-state index >= 15 is 0 Å². The quantitative estimate of drug-likeness (QED) is 0.701.